The lowest BCUT2D eigenvalue weighted by Crippen LogP contribution is -2.36. The van der Waals surface area contributed by atoms with Gasteiger partial charge >= 0.3 is 0 Å². The van der Waals surface area contributed by atoms with Gasteiger partial charge in [0, 0.05) is 38.3 Å². The van der Waals surface area contributed by atoms with E-state index in [1.54, 1.807) is 24.1 Å². The molecule has 1 aromatic carbocycles. The number of nitrogens with zero attached hydrogens (tertiary/aromatic N) is 2. The fourth-order valence-electron chi connectivity index (χ4n) is 3.23. The largest absolute Gasteiger partial charge is 0.342 e. The summed E-state index contributed by atoms with van der Waals surface area (Å²) >= 11 is 0. The average molecular weight is 396 g/mol. The number of hydrogen-bond acceptors (Lipinski definition) is 4. The Morgan fingerprint density at radius 2 is 1.85 bits per heavy atom. The first-order valence-electron chi connectivity index (χ1n) is 9.76. The van der Waals surface area contributed by atoms with Crippen molar-refractivity contribution in [3.05, 3.63) is 29.3 Å². The highest BCUT2D eigenvalue weighted by atomic mass is 32.2. The molecule has 0 radical (unpaired) electrons. The highest BCUT2D eigenvalue weighted by molar-refractivity contribution is 7.89. The summed E-state index contributed by atoms with van der Waals surface area (Å²) in [6.45, 7) is 7.59. The standard InChI is InChI=1S/C20H33N3O3S/c1-15(2)19(21)10-13-22(4)20(24)18-14-17(9-8-16(18)3)27(25,26)23-11-6-5-7-12-23/h8-9,14-15,19H,5-7,10-13,21H2,1-4H3. The quantitative estimate of drug-likeness (QED) is 0.769. The van der Waals surface area contributed by atoms with Crippen molar-refractivity contribution >= 4 is 15.9 Å². The maximum absolute atomic E-state index is 12.9. The summed E-state index contributed by atoms with van der Waals surface area (Å²) in [4.78, 5) is 14.7. The Labute approximate surface area is 163 Å². The van der Waals surface area contributed by atoms with Gasteiger partial charge in [-0.3, -0.25) is 4.79 Å². The average Bonchev–Trinajstić information content (AvgIpc) is 2.66. The number of carbonyl (C=O) groups excluding carboxylic acids is 1. The van der Waals surface area contributed by atoms with Crippen LogP contribution in [0.5, 0.6) is 0 Å². The Morgan fingerprint density at radius 1 is 1.22 bits per heavy atom. The van der Waals surface area contributed by atoms with Crippen LogP contribution in [0.2, 0.25) is 0 Å². The molecule has 0 saturated carbocycles. The minimum Gasteiger partial charge on any atom is -0.342 e. The minimum absolute atomic E-state index is 0.0344. The normalized spacial score (nSPS) is 17.1. The van der Waals surface area contributed by atoms with Gasteiger partial charge in [-0.15, -0.1) is 0 Å². The van der Waals surface area contributed by atoms with E-state index >= 15 is 0 Å². The predicted molar refractivity (Wildman–Crippen MR) is 108 cm³/mol. The summed E-state index contributed by atoms with van der Waals surface area (Å²) in [5.74, 6) is 0.187. The topological polar surface area (TPSA) is 83.7 Å². The second-order valence-electron chi connectivity index (χ2n) is 7.86. The van der Waals surface area contributed by atoms with Crippen molar-refractivity contribution in [2.75, 3.05) is 26.7 Å². The van der Waals surface area contributed by atoms with Crippen molar-refractivity contribution in [1.82, 2.24) is 9.21 Å². The van der Waals surface area contributed by atoms with Crippen LogP contribution in [-0.4, -0.2) is 56.3 Å². The molecule has 0 bridgehead atoms. The van der Waals surface area contributed by atoms with E-state index < -0.39 is 10.0 Å². The zero-order valence-corrected chi connectivity index (χ0v) is 17.8. The second-order valence-corrected chi connectivity index (χ2v) is 9.80. The van der Waals surface area contributed by atoms with E-state index in [1.807, 2.05) is 6.92 Å². The lowest BCUT2D eigenvalue weighted by atomic mass is 10.0. The molecule has 0 aliphatic carbocycles. The first-order valence-corrected chi connectivity index (χ1v) is 11.2. The highest BCUT2D eigenvalue weighted by Crippen LogP contribution is 2.23. The molecular formula is C20H33N3O3S. The van der Waals surface area contributed by atoms with Crippen LogP contribution >= 0.6 is 0 Å². The maximum atomic E-state index is 12.9. The van der Waals surface area contributed by atoms with Crippen molar-refractivity contribution in [3.8, 4) is 0 Å². The number of piperidine rings is 1. The van der Waals surface area contributed by atoms with Crippen molar-refractivity contribution in [2.24, 2.45) is 11.7 Å². The van der Waals surface area contributed by atoms with Crippen LogP contribution in [0.4, 0.5) is 0 Å². The van der Waals surface area contributed by atoms with Crippen LogP contribution in [-0.2, 0) is 10.0 Å². The molecule has 1 heterocycles. The number of carbonyl (C=O) groups is 1. The van der Waals surface area contributed by atoms with Gasteiger partial charge < -0.3 is 10.6 Å². The van der Waals surface area contributed by atoms with Crippen LogP contribution in [0.3, 0.4) is 0 Å². The number of benzene rings is 1. The number of aryl methyl sites for hydroxylation is 1. The smallest absolute Gasteiger partial charge is 0.253 e. The van der Waals surface area contributed by atoms with Gasteiger partial charge in [0.05, 0.1) is 4.90 Å². The second kappa shape index (κ2) is 9.17. The van der Waals surface area contributed by atoms with E-state index in [-0.39, 0.29) is 16.8 Å². The van der Waals surface area contributed by atoms with E-state index in [9.17, 15) is 13.2 Å². The molecule has 2 N–H and O–H groups in total. The van der Waals surface area contributed by atoms with Crippen LogP contribution < -0.4 is 5.73 Å². The Morgan fingerprint density at radius 3 is 2.44 bits per heavy atom. The van der Waals surface area contributed by atoms with Gasteiger partial charge in [0.15, 0.2) is 0 Å². The molecule has 1 fully saturated rings. The summed E-state index contributed by atoms with van der Waals surface area (Å²) in [5, 5.41) is 0. The number of rotatable bonds is 7. The molecule has 1 aliphatic rings. The molecule has 1 amide bonds. The molecule has 1 saturated heterocycles. The van der Waals surface area contributed by atoms with Crippen molar-refractivity contribution in [1.29, 1.82) is 0 Å². The lowest BCUT2D eigenvalue weighted by molar-refractivity contribution is 0.0788. The molecule has 7 heteroatoms. The van der Waals surface area contributed by atoms with Gasteiger partial charge in [-0.2, -0.15) is 4.31 Å². The van der Waals surface area contributed by atoms with Gasteiger partial charge in [0.1, 0.15) is 0 Å². The molecule has 0 spiro atoms. The van der Waals surface area contributed by atoms with E-state index in [0.29, 0.717) is 37.5 Å². The number of sulfonamides is 1. The third kappa shape index (κ3) is 5.30. The monoisotopic (exact) mass is 395 g/mol. The van der Waals surface area contributed by atoms with E-state index in [1.165, 1.54) is 10.4 Å². The number of nitrogens with two attached hydrogens (primary N) is 1. The molecule has 152 valence electrons. The molecular weight excluding hydrogens is 362 g/mol. The molecule has 1 aromatic rings. The zero-order valence-electron chi connectivity index (χ0n) is 16.9. The van der Waals surface area contributed by atoms with Gasteiger partial charge in [0.2, 0.25) is 10.0 Å². The minimum atomic E-state index is -3.55. The van der Waals surface area contributed by atoms with Gasteiger partial charge in [-0.05, 0) is 49.8 Å². The van der Waals surface area contributed by atoms with Crippen LogP contribution in [0.1, 0.15) is 55.5 Å². The third-order valence-electron chi connectivity index (χ3n) is 5.39. The molecule has 2 rings (SSSR count). The van der Waals surface area contributed by atoms with E-state index in [2.05, 4.69) is 13.8 Å². The number of hydrogen-bond donors (Lipinski definition) is 1. The Hall–Kier alpha value is -1.44. The fraction of sp³-hybridized carbons (Fsp3) is 0.650. The predicted octanol–water partition coefficient (Wildman–Crippen LogP) is 2.62. The molecule has 27 heavy (non-hydrogen) atoms. The van der Waals surface area contributed by atoms with Gasteiger partial charge in [0.25, 0.3) is 5.91 Å². The Balaban J connectivity index is 2.19. The third-order valence-corrected chi connectivity index (χ3v) is 7.29. The summed E-state index contributed by atoms with van der Waals surface area (Å²) in [6.07, 6.45) is 3.54. The number of amides is 1. The molecule has 1 unspecified atom stereocenters. The summed E-state index contributed by atoms with van der Waals surface area (Å²) < 4.78 is 27.4. The van der Waals surface area contributed by atoms with E-state index in [0.717, 1.165) is 24.8 Å². The summed E-state index contributed by atoms with van der Waals surface area (Å²) in [7, 11) is -1.82. The van der Waals surface area contributed by atoms with Gasteiger partial charge in [-0.1, -0.05) is 26.3 Å². The highest BCUT2D eigenvalue weighted by Gasteiger charge is 2.27. The zero-order chi connectivity index (χ0) is 20.2. The van der Waals surface area contributed by atoms with Crippen molar-refractivity contribution in [3.63, 3.8) is 0 Å². The van der Waals surface area contributed by atoms with Crippen LogP contribution in [0.25, 0.3) is 0 Å². The first-order chi connectivity index (χ1) is 12.6. The lowest BCUT2D eigenvalue weighted by Gasteiger charge is -2.26. The van der Waals surface area contributed by atoms with Crippen LogP contribution in [0.15, 0.2) is 23.1 Å². The van der Waals surface area contributed by atoms with Crippen molar-refractivity contribution in [2.45, 2.75) is 57.4 Å². The fourth-order valence-corrected chi connectivity index (χ4v) is 4.77. The Kier molecular flexibility index (Phi) is 7.42. The van der Waals surface area contributed by atoms with E-state index in [4.69, 9.17) is 5.73 Å². The maximum Gasteiger partial charge on any atom is 0.253 e. The molecule has 6 nitrogen and oxygen atoms in total. The van der Waals surface area contributed by atoms with Gasteiger partial charge in [-0.25, -0.2) is 8.42 Å². The first kappa shape index (κ1) is 21.9. The SMILES string of the molecule is Cc1ccc(S(=O)(=O)N2CCCCC2)cc1C(=O)N(C)CCC(N)C(C)C. The summed E-state index contributed by atoms with van der Waals surface area (Å²) in [6, 6.07) is 4.88. The molecule has 1 atom stereocenters. The van der Waals surface area contributed by atoms with Crippen molar-refractivity contribution < 1.29 is 13.2 Å². The van der Waals surface area contributed by atoms with Crippen LogP contribution in [0, 0.1) is 12.8 Å². The Bertz CT molecular complexity index is 756. The summed E-state index contributed by atoms with van der Waals surface area (Å²) in [5.41, 5.74) is 7.29. The molecule has 0 aromatic heterocycles. The molecule has 1 aliphatic heterocycles.